The van der Waals surface area contributed by atoms with E-state index in [1.54, 1.807) is 0 Å². The molecule has 1 aromatic rings. The van der Waals surface area contributed by atoms with Gasteiger partial charge >= 0.3 is 0 Å². The standard InChI is InChI=1S/C27H39N3O2/c1-19(2)18-27(4)24(31)16-22(17-25(28)29-27)11-10-21-12-14-30(15-13-21)26(32)20(3)23-8-6-5-7-9-23/h5-9,17,19-21H,10-16,18H2,1-4H3,(H2,28,29)/t20?,27-/m1/s1. The zero-order valence-electron chi connectivity index (χ0n) is 20.1. The smallest absolute Gasteiger partial charge is 0.229 e. The number of hydrogen-bond donors (Lipinski definition) is 1. The number of benzene rings is 1. The fraction of sp³-hybridized carbons (Fsp3) is 0.593. The highest BCUT2D eigenvalue weighted by molar-refractivity contribution is 6.00. The minimum absolute atomic E-state index is 0.0997. The highest BCUT2D eigenvalue weighted by Gasteiger charge is 2.35. The van der Waals surface area contributed by atoms with E-state index in [0.717, 1.165) is 56.3 Å². The van der Waals surface area contributed by atoms with Crippen LogP contribution in [0, 0.1) is 11.8 Å². The van der Waals surface area contributed by atoms with Crippen LogP contribution in [0.5, 0.6) is 0 Å². The van der Waals surface area contributed by atoms with Crippen molar-refractivity contribution in [3.63, 3.8) is 0 Å². The number of hydrogen-bond acceptors (Lipinski definition) is 4. The SMILES string of the molecule is CC(C)C[C@@]1(C)N=C(N)C=C(CCC2CCN(C(=O)C(C)c3ccccc3)CC2)CC1=O. The van der Waals surface area contributed by atoms with Crippen molar-refractivity contribution in [3.8, 4) is 0 Å². The molecule has 0 saturated carbocycles. The average molecular weight is 438 g/mol. The predicted octanol–water partition coefficient (Wildman–Crippen LogP) is 4.87. The van der Waals surface area contributed by atoms with E-state index in [2.05, 4.69) is 18.8 Å². The second-order valence-electron chi connectivity index (χ2n) is 10.3. The molecule has 3 rings (SSSR count). The lowest BCUT2D eigenvalue weighted by Crippen LogP contribution is -2.40. The van der Waals surface area contributed by atoms with E-state index in [-0.39, 0.29) is 17.6 Å². The number of Topliss-reactive ketones (excluding diaryl/α,β-unsaturated/α-hetero) is 1. The van der Waals surface area contributed by atoms with E-state index in [4.69, 9.17) is 5.73 Å². The third-order valence-electron chi connectivity index (χ3n) is 6.99. The average Bonchev–Trinajstić information content (AvgIpc) is 2.86. The van der Waals surface area contributed by atoms with Crippen LogP contribution in [0.25, 0.3) is 0 Å². The number of amidine groups is 1. The molecule has 1 unspecified atom stereocenters. The normalized spacial score (nSPS) is 23.5. The molecule has 2 aliphatic heterocycles. The van der Waals surface area contributed by atoms with Gasteiger partial charge in [-0.25, -0.2) is 0 Å². The molecule has 2 atom stereocenters. The summed E-state index contributed by atoms with van der Waals surface area (Å²) in [4.78, 5) is 32.4. The topological polar surface area (TPSA) is 75.8 Å². The molecule has 1 amide bonds. The van der Waals surface area contributed by atoms with Crippen molar-refractivity contribution in [2.24, 2.45) is 22.6 Å². The van der Waals surface area contributed by atoms with E-state index >= 15 is 0 Å². The van der Waals surface area contributed by atoms with Crippen LogP contribution in [0.3, 0.4) is 0 Å². The molecule has 174 valence electrons. The summed E-state index contributed by atoms with van der Waals surface area (Å²) in [7, 11) is 0. The predicted molar refractivity (Wildman–Crippen MR) is 131 cm³/mol. The van der Waals surface area contributed by atoms with Gasteiger partial charge in [0.2, 0.25) is 5.91 Å². The molecule has 2 aliphatic rings. The second kappa shape index (κ2) is 10.5. The third kappa shape index (κ3) is 6.08. The Morgan fingerprint density at radius 2 is 1.84 bits per heavy atom. The summed E-state index contributed by atoms with van der Waals surface area (Å²) in [5.74, 6) is 1.74. The summed E-state index contributed by atoms with van der Waals surface area (Å²) in [6.45, 7) is 9.77. The first-order valence-corrected chi connectivity index (χ1v) is 12.1. The summed E-state index contributed by atoms with van der Waals surface area (Å²) >= 11 is 0. The molecule has 0 aromatic heterocycles. The number of nitrogens with zero attached hydrogens (tertiary/aromatic N) is 2. The molecule has 1 aromatic carbocycles. The molecule has 1 saturated heterocycles. The first kappa shape index (κ1) is 24.2. The Kier molecular flexibility index (Phi) is 7.91. The fourth-order valence-electron chi connectivity index (χ4n) is 5.14. The quantitative estimate of drug-likeness (QED) is 0.661. The monoisotopic (exact) mass is 437 g/mol. The van der Waals surface area contributed by atoms with Crippen LogP contribution in [0.15, 0.2) is 47.0 Å². The van der Waals surface area contributed by atoms with Crippen molar-refractivity contribution in [2.75, 3.05) is 13.1 Å². The molecular formula is C27H39N3O2. The number of aliphatic imine (C=N–C) groups is 1. The molecule has 5 nitrogen and oxygen atoms in total. The van der Waals surface area contributed by atoms with Crippen LogP contribution in [0.4, 0.5) is 0 Å². The number of nitrogens with two attached hydrogens (primary N) is 1. The van der Waals surface area contributed by atoms with E-state index in [1.165, 1.54) is 0 Å². The number of carbonyl (C=O) groups excluding carboxylic acids is 2. The summed E-state index contributed by atoms with van der Waals surface area (Å²) in [5, 5.41) is 0. The maximum atomic E-state index is 12.9. The van der Waals surface area contributed by atoms with E-state index < -0.39 is 5.54 Å². The Balaban J connectivity index is 1.49. The summed E-state index contributed by atoms with van der Waals surface area (Å²) in [6.07, 6.45) is 7.03. The number of allylic oxidation sites excluding steroid dienone is 1. The lowest BCUT2D eigenvalue weighted by Gasteiger charge is -2.34. The Morgan fingerprint density at radius 3 is 2.47 bits per heavy atom. The Morgan fingerprint density at radius 1 is 1.19 bits per heavy atom. The van der Waals surface area contributed by atoms with Crippen molar-refractivity contribution < 1.29 is 9.59 Å². The number of ketones is 1. The maximum absolute atomic E-state index is 12.9. The molecule has 32 heavy (non-hydrogen) atoms. The summed E-state index contributed by atoms with van der Waals surface area (Å²) < 4.78 is 0. The van der Waals surface area contributed by atoms with Gasteiger partial charge in [0.1, 0.15) is 11.4 Å². The van der Waals surface area contributed by atoms with Gasteiger partial charge in [0, 0.05) is 19.5 Å². The van der Waals surface area contributed by atoms with Crippen molar-refractivity contribution in [1.29, 1.82) is 0 Å². The van der Waals surface area contributed by atoms with Gasteiger partial charge in [0.25, 0.3) is 0 Å². The van der Waals surface area contributed by atoms with Crippen molar-refractivity contribution in [3.05, 3.63) is 47.5 Å². The number of amides is 1. The summed E-state index contributed by atoms with van der Waals surface area (Å²) in [5.41, 5.74) is 7.62. The molecule has 1 fully saturated rings. The highest BCUT2D eigenvalue weighted by atomic mass is 16.2. The minimum Gasteiger partial charge on any atom is -0.384 e. The minimum atomic E-state index is -0.711. The van der Waals surface area contributed by atoms with Crippen LogP contribution in [0.1, 0.15) is 77.7 Å². The van der Waals surface area contributed by atoms with Gasteiger partial charge in [-0.3, -0.25) is 14.6 Å². The second-order valence-corrected chi connectivity index (χ2v) is 10.3. The molecule has 0 radical (unpaired) electrons. The van der Waals surface area contributed by atoms with Gasteiger partial charge in [-0.15, -0.1) is 0 Å². The van der Waals surface area contributed by atoms with Crippen molar-refractivity contribution in [1.82, 2.24) is 4.90 Å². The number of piperidine rings is 1. The van der Waals surface area contributed by atoms with Crippen LogP contribution < -0.4 is 5.73 Å². The van der Waals surface area contributed by atoms with Crippen LogP contribution in [-0.4, -0.2) is 41.1 Å². The zero-order valence-corrected chi connectivity index (χ0v) is 20.1. The van der Waals surface area contributed by atoms with Gasteiger partial charge in [-0.1, -0.05) is 49.8 Å². The lowest BCUT2D eigenvalue weighted by molar-refractivity contribution is -0.133. The Hall–Kier alpha value is -2.43. The van der Waals surface area contributed by atoms with Gasteiger partial charge in [0.05, 0.1) is 5.92 Å². The molecule has 5 heteroatoms. The molecule has 0 spiro atoms. The zero-order chi connectivity index (χ0) is 23.3. The summed E-state index contributed by atoms with van der Waals surface area (Å²) in [6, 6.07) is 10.0. The Labute approximate surface area is 193 Å². The van der Waals surface area contributed by atoms with Gasteiger partial charge in [-0.05, 0) is 69.4 Å². The first-order valence-electron chi connectivity index (χ1n) is 12.1. The van der Waals surface area contributed by atoms with Crippen LogP contribution in [-0.2, 0) is 9.59 Å². The first-order chi connectivity index (χ1) is 15.2. The molecule has 2 heterocycles. The van der Waals surface area contributed by atoms with Gasteiger partial charge in [-0.2, -0.15) is 0 Å². The molecule has 2 N–H and O–H groups in total. The van der Waals surface area contributed by atoms with Crippen molar-refractivity contribution >= 4 is 17.5 Å². The Bertz CT molecular complexity index is 866. The molecular weight excluding hydrogens is 398 g/mol. The van der Waals surface area contributed by atoms with Gasteiger partial charge in [0.15, 0.2) is 5.78 Å². The van der Waals surface area contributed by atoms with E-state index in [9.17, 15) is 9.59 Å². The van der Waals surface area contributed by atoms with Crippen LogP contribution in [0.2, 0.25) is 0 Å². The highest BCUT2D eigenvalue weighted by Crippen LogP contribution is 2.31. The van der Waals surface area contributed by atoms with Gasteiger partial charge < -0.3 is 10.6 Å². The lowest BCUT2D eigenvalue weighted by atomic mass is 9.83. The number of likely N-dealkylation sites (tertiary alicyclic amines) is 1. The van der Waals surface area contributed by atoms with E-state index in [1.807, 2.05) is 55.2 Å². The number of carbonyl (C=O) groups is 2. The molecule has 0 aliphatic carbocycles. The molecule has 0 bridgehead atoms. The van der Waals surface area contributed by atoms with Crippen molar-refractivity contribution in [2.45, 2.75) is 77.7 Å². The fourth-order valence-corrected chi connectivity index (χ4v) is 5.14. The third-order valence-corrected chi connectivity index (χ3v) is 6.99. The number of rotatable bonds is 7. The largest absolute Gasteiger partial charge is 0.384 e. The van der Waals surface area contributed by atoms with E-state index in [0.29, 0.717) is 24.1 Å². The maximum Gasteiger partial charge on any atom is 0.229 e. The van der Waals surface area contributed by atoms with Crippen LogP contribution >= 0.6 is 0 Å².